The number of hydrogen-bond acceptors (Lipinski definition) is 2. The van der Waals surface area contributed by atoms with Crippen molar-refractivity contribution in [2.24, 2.45) is 0 Å². The van der Waals surface area contributed by atoms with Crippen LogP contribution in [0.4, 0.5) is 0 Å². The van der Waals surface area contributed by atoms with Crippen molar-refractivity contribution >= 4 is 0 Å². The lowest BCUT2D eigenvalue weighted by atomic mass is 9.90. The maximum Gasteiger partial charge on any atom is 0.0610 e. The van der Waals surface area contributed by atoms with E-state index < -0.39 is 5.60 Å². The fourth-order valence-electron chi connectivity index (χ4n) is 3.81. The molecule has 0 radical (unpaired) electrons. The molecule has 3 aromatic rings. The standard InChI is InChI=1S/C26H31NO/c1-21(23-15-9-5-10-16-23)27(20-22-13-7-4-8-14-22)25(19-26(2,3)28)24-17-11-6-12-18-24/h4-18,21,25,28H,19-20H2,1-3H3/t21-,25+/m0/s1. The summed E-state index contributed by atoms with van der Waals surface area (Å²) < 4.78 is 0. The highest BCUT2D eigenvalue weighted by molar-refractivity contribution is 5.24. The van der Waals surface area contributed by atoms with Crippen LogP contribution >= 0.6 is 0 Å². The summed E-state index contributed by atoms with van der Waals surface area (Å²) in [6.07, 6.45) is 0.668. The van der Waals surface area contributed by atoms with Crippen molar-refractivity contribution in [1.82, 2.24) is 4.90 Å². The van der Waals surface area contributed by atoms with Gasteiger partial charge in [0.05, 0.1) is 5.60 Å². The third-order valence-electron chi connectivity index (χ3n) is 5.26. The Labute approximate surface area is 169 Å². The highest BCUT2D eigenvalue weighted by Crippen LogP contribution is 2.37. The lowest BCUT2D eigenvalue weighted by molar-refractivity contribution is 0.0183. The van der Waals surface area contributed by atoms with Gasteiger partial charge in [0.1, 0.15) is 0 Å². The number of benzene rings is 3. The zero-order chi connectivity index (χ0) is 20.0. The Kier molecular flexibility index (Phi) is 6.66. The van der Waals surface area contributed by atoms with Crippen molar-refractivity contribution in [2.75, 3.05) is 0 Å². The maximum atomic E-state index is 10.7. The van der Waals surface area contributed by atoms with Crippen LogP contribution in [0, 0.1) is 0 Å². The molecule has 0 fully saturated rings. The zero-order valence-corrected chi connectivity index (χ0v) is 17.1. The van der Waals surface area contributed by atoms with Gasteiger partial charge in [0.25, 0.3) is 0 Å². The zero-order valence-electron chi connectivity index (χ0n) is 17.1. The predicted octanol–water partition coefficient (Wildman–Crippen LogP) is 6.15. The van der Waals surface area contributed by atoms with E-state index in [0.717, 1.165) is 6.54 Å². The molecule has 0 saturated carbocycles. The number of rotatable bonds is 8. The molecule has 0 amide bonds. The minimum atomic E-state index is -0.758. The highest BCUT2D eigenvalue weighted by Gasteiger charge is 2.30. The van der Waals surface area contributed by atoms with E-state index in [1.165, 1.54) is 16.7 Å². The molecule has 0 spiro atoms. The summed E-state index contributed by atoms with van der Waals surface area (Å²) in [5, 5.41) is 10.7. The number of aliphatic hydroxyl groups is 1. The highest BCUT2D eigenvalue weighted by atomic mass is 16.3. The van der Waals surface area contributed by atoms with Gasteiger partial charge in [0, 0.05) is 18.6 Å². The van der Waals surface area contributed by atoms with Crippen molar-refractivity contribution < 1.29 is 5.11 Å². The summed E-state index contributed by atoms with van der Waals surface area (Å²) in [4.78, 5) is 2.51. The van der Waals surface area contributed by atoms with Gasteiger partial charge in [-0.25, -0.2) is 0 Å². The Morgan fingerprint density at radius 1 is 0.750 bits per heavy atom. The van der Waals surface area contributed by atoms with Crippen molar-refractivity contribution in [2.45, 2.75) is 51.4 Å². The smallest absolute Gasteiger partial charge is 0.0610 e. The van der Waals surface area contributed by atoms with E-state index in [2.05, 4.69) is 96.8 Å². The Morgan fingerprint density at radius 2 is 1.21 bits per heavy atom. The molecule has 3 aromatic carbocycles. The molecule has 0 heterocycles. The van der Waals surface area contributed by atoms with Gasteiger partial charge in [0.2, 0.25) is 0 Å². The SMILES string of the molecule is C[C@@H](c1ccccc1)N(Cc1ccccc1)[C@H](CC(C)(C)O)c1ccccc1. The van der Waals surface area contributed by atoms with Gasteiger partial charge in [-0.3, -0.25) is 4.90 Å². The molecule has 0 bridgehead atoms. The lowest BCUT2D eigenvalue weighted by Crippen LogP contribution is -2.36. The summed E-state index contributed by atoms with van der Waals surface area (Å²) in [6, 6.07) is 32.1. The van der Waals surface area contributed by atoms with E-state index in [-0.39, 0.29) is 12.1 Å². The monoisotopic (exact) mass is 373 g/mol. The van der Waals surface area contributed by atoms with E-state index in [4.69, 9.17) is 0 Å². The number of hydrogen-bond donors (Lipinski definition) is 1. The Hall–Kier alpha value is -2.42. The summed E-state index contributed by atoms with van der Waals surface area (Å²) >= 11 is 0. The molecule has 0 aliphatic rings. The second kappa shape index (κ2) is 9.18. The van der Waals surface area contributed by atoms with Crippen molar-refractivity contribution in [1.29, 1.82) is 0 Å². The average Bonchev–Trinajstić information content (AvgIpc) is 2.71. The largest absolute Gasteiger partial charge is 0.390 e. The van der Waals surface area contributed by atoms with Crippen LogP contribution in [-0.2, 0) is 6.54 Å². The van der Waals surface area contributed by atoms with Crippen LogP contribution < -0.4 is 0 Å². The fourth-order valence-corrected chi connectivity index (χ4v) is 3.81. The van der Waals surface area contributed by atoms with E-state index in [9.17, 15) is 5.11 Å². The Bertz CT molecular complexity index is 825. The summed E-state index contributed by atoms with van der Waals surface area (Å²) in [5.74, 6) is 0. The first-order chi connectivity index (χ1) is 13.4. The first kappa shape index (κ1) is 20.3. The van der Waals surface area contributed by atoms with Crippen LogP contribution in [0.3, 0.4) is 0 Å². The van der Waals surface area contributed by atoms with E-state index in [1.807, 2.05) is 19.9 Å². The molecule has 0 unspecified atom stereocenters. The second-order valence-electron chi connectivity index (χ2n) is 8.19. The second-order valence-corrected chi connectivity index (χ2v) is 8.19. The molecule has 0 aliphatic heterocycles. The fraction of sp³-hybridized carbons (Fsp3) is 0.308. The van der Waals surface area contributed by atoms with Crippen molar-refractivity contribution in [3.63, 3.8) is 0 Å². The minimum absolute atomic E-state index is 0.108. The van der Waals surface area contributed by atoms with Gasteiger partial charge in [-0.15, -0.1) is 0 Å². The van der Waals surface area contributed by atoms with Gasteiger partial charge in [0.15, 0.2) is 0 Å². The Balaban J connectivity index is 2.02. The van der Waals surface area contributed by atoms with Gasteiger partial charge in [-0.05, 0) is 43.9 Å². The predicted molar refractivity (Wildman–Crippen MR) is 117 cm³/mol. The van der Waals surface area contributed by atoms with Crippen molar-refractivity contribution in [3.8, 4) is 0 Å². The molecular formula is C26H31NO. The average molecular weight is 374 g/mol. The van der Waals surface area contributed by atoms with E-state index in [1.54, 1.807) is 0 Å². The molecular weight excluding hydrogens is 342 g/mol. The van der Waals surface area contributed by atoms with Crippen LogP contribution in [0.2, 0.25) is 0 Å². The summed E-state index contributed by atoms with van der Waals surface area (Å²) in [6.45, 7) is 6.89. The summed E-state index contributed by atoms with van der Waals surface area (Å²) in [5.41, 5.74) is 3.05. The molecule has 28 heavy (non-hydrogen) atoms. The first-order valence-corrected chi connectivity index (χ1v) is 10.1. The molecule has 2 heteroatoms. The normalized spacial score (nSPS) is 14.0. The summed E-state index contributed by atoms with van der Waals surface area (Å²) in [7, 11) is 0. The Morgan fingerprint density at radius 3 is 1.71 bits per heavy atom. The molecule has 1 N–H and O–H groups in total. The molecule has 0 saturated heterocycles. The van der Waals surface area contributed by atoms with Gasteiger partial charge in [-0.2, -0.15) is 0 Å². The van der Waals surface area contributed by atoms with Gasteiger partial charge < -0.3 is 5.11 Å². The van der Waals surface area contributed by atoms with Crippen LogP contribution in [0.1, 0.15) is 56.0 Å². The topological polar surface area (TPSA) is 23.5 Å². The van der Waals surface area contributed by atoms with Gasteiger partial charge in [-0.1, -0.05) is 91.0 Å². The van der Waals surface area contributed by atoms with Crippen LogP contribution in [0.15, 0.2) is 91.0 Å². The van der Waals surface area contributed by atoms with Crippen LogP contribution in [0.25, 0.3) is 0 Å². The van der Waals surface area contributed by atoms with E-state index in [0.29, 0.717) is 6.42 Å². The molecule has 0 aromatic heterocycles. The molecule has 2 nitrogen and oxygen atoms in total. The van der Waals surface area contributed by atoms with Crippen LogP contribution in [-0.4, -0.2) is 15.6 Å². The molecule has 0 aliphatic carbocycles. The van der Waals surface area contributed by atoms with E-state index >= 15 is 0 Å². The molecule has 3 rings (SSSR count). The minimum Gasteiger partial charge on any atom is -0.390 e. The third kappa shape index (κ3) is 5.54. The maximum absolute atomic E-state index is 10.7. The third-order valence-corrected chi connectivity index (χ3v) is 5.26. The molecule has 146 valence electrons. The van der Waals surface area contributed by atoms with Gasteiger partial charge >= 0.3 is 0 Å². The quantitative estimate of drug-likeness (QED) is 0.512. The molecule has 2 atom stereocenters. The lowest BCUT2D eigenvalue weighted by Gasteiger charge is -2.39. The number of nitrogens with zero attached hydrogens (tertiary/aromatic N) is 1. The van der Waals surface area contributed by atoms with Crippen molar-refractivity contribution in [3.05, 3.63) is 108 Å². The first-order valence-electron chi connectivity index (χ1n) is 10.1. The van der Waals surface area contributed by atoms with Crippen LogP contribution in [0.5, 0.6) is 0 Å².